The molecule has 3 aromatic carbocycles. The lowest BCUT2D eigenvalue weighted by atomic mass is 9.83. The molecule has 1 aliphatic rings. The van der Waals surface area contributed by atoms with Crippen molar-refractivity contribution in [3.63, 3.8) is 0 Å². The predicted octanol–water partition coefficient (Wildman–Crippen LogP) is 4.71. The third kappa shape index (κ3) is 2.93. The number of anilines is 1. The van der Waals surface area contributed by atoms with E-state index in [0.717, 1.165) is 33.5 Å². The standard InChI is InChI=1S/C23H21ClN2O/c1-15-10-16(2)12-18(11-15)23(25)20-9-8-19(24)13-21(20)26(22(23)27)14-17-6-4-3-5-7-17/h3-13H,14,25H2,1-2H3/t23-/m0/s1. The third-order valence-corrected chi connectivity index (χ3v) is 5.35. The zero-order valence-electron chi connectivity index (χ0n) is 15.4. The normalized spacial score (nSPS) is 18.7. The molecule has 3 aromatic rings. The Morgan fingerprint density at radius 2 is 1.63 bits per heavy atom. The fourth-order valence-corrected chi connectivity index (χ4v) is 4.07. The fourth-order valence-electron chi connectivity index (χ4n) is 3.90. The van der Waals surface area contributed by atoms with Crippen LogP contribution in [0, 0.1) is 13.8 Å². The molecular formula is C23H21ClN2O. The second-order valence-electron chi connectivity index (χ2n) is 7.22. The van der Waals surface area contributed by atoms with E-state index in [1.54, 1.807) is 11.0 Å². The first-order valence-corrected chi connectivity index (χ1v) is 9.31. The number of nitrogens with zero attached hydrogens (tertiary/aromatic N) is 1. The van der Waals surface area contributed by atoms with Gasteiger partial charge in [-0.3, -0.25) is 4.79 Å². The Morgan fingerprint density at radius 3 is 2.30 bits per heavy atom. The van der Waals surface area contributed by atoms with Gasteiger partial charge < -0.3 is 10.6 Å². The summed E-state index contributed by atoms with van der Waals surface area (Å²) in [6.07, 6.45) is 0. The van der Waals surface area contributed by atoms with E-state index in [1.165, 1.54) is 0 Å². The van der Waals surface area contributed by atoms with Crippen molar-refractivity contribution in [3.05, 3.63) is 99.6 Å². The molecule has 1 aliphatic heterocycles. The Balaban J connectivity index is 1.88. The van der Waals surface area contributed by atoms with Crippen LogP contribution in [0.2, 0.25) is 5.02 Å². The molecule has 0 aliphatic carbocycles. The summed E-state index contributed by atoms with van der Waals surface area (Å²) in [6.45, 7) is 4.49. The molecule has 27 heavy (non-hydrogen) atoms. The minimum Gasteiger partial charge on any atom is -0.310 e. The Morgan fingerprint density at radius 1 is 0.963 bits per heavy atom. The number of rotatable bonds is 3. The molecule has 0 unspecified atom stereocenters. The van der Waals surface area contributed by atoms with Crippen molar-refractivity contribution in [2.45, 2.75) is 25.9 Å². The number of hydrogen-bond donors (Lipinski definition) is 1. The van der Waals surface area contributed by atoms with Gasteiger partial charge in [-0.1, -0.05) is 77.3 Å². The number of aryl methyl sites for hydroxylation is 2. The molecule has 0 saturated heterocycles. The summed E-state index contributed by atoms with van der Waals surface area (Å²) in [4.78, 5) is 15.3. The maximum Gasteiger partial charge on any atom is 0.256 e. The molecule has 0 saturated carbocycles. The molecule has 0 radical (unpaired) electrons. The van der Waals surface area contributed by atoms with E-state index in [1.807, 2.05) is 68.4 Å². The molecule has 136 valence electrons. The molecule has 0 spiro atoms. The van der Waals surface area contributed by atoms with Gasteiger partial charge in [0.1, 0.15) is 5.54 Å². The topological polar surface area (TPSA) is 46.3 Å². The van der Waals surface area contributed by atoms with Crippen LogP contribution >= 0.6 is 11.6 Å². The van der Waals surface area contributed by atoms with E-state index < -0.39 is 5.54 Å². The van der Waals surface area contributed by atoms with Crippen molar-refractivity contribution in [1.82, 2.24) is 0 Å². The van der Waals surface area contributed by atoms with Gasteiger partial charge in [-0.2, -0.15) is 0 Å². The molecule has 0 fully saturated rings. The number of nitrogens with two attached hydrogens (primary N) is 1. The minimum absolute atomic E-state index is 0.131. The van der Waals surface area contributed by atoms with Crippen LogP contribution in [-0.2, 0) is 16.9 Å². The van der Waals surface area contributed by atoms with E-state index in [4.69, 9.17) is 17.3 Å². The van der Waals surface area contributed by atoms with Crippen LogP contribution in [-0.4, -0.2) is 5.91 Å². The average Bonchev–Trinajstić information content (AvgIpc) is 2.84. The third-order valence-electron chi connectivity index (χ3n) is 5.12. The maximum absolute atomic E-state index is 13.6. The Bertz CT molecular complexity index is 1010. The van der Waals surface area contributed by atoms with E-state index in [2.05, 4.69) is 6.07 Å². The summed E-state index contributed by atoms with van der Waals surface area (Å²) in [7, 11) is 0. The number of carbonyl (C=O) groups is 1. The van der Waals surface area contributed by atoms with Gasteiger partial charge in [0.2, 0.25) is 0 Å². The Kier molecular flexibility index (Phi) is 4.29. The number of amides is 1. The van der Waals surface area contributed by atoms with Crippen LogP contribution in [0.4, 0.5) is 5.69 Å². The average molecular weight is 377 g/mol. The number of halogens is 1. The van der Waals surface area contributed by atoms with Gasteiger partial charge >= 0.3 is 0 Å². The van der Waals surface area contributed by atoms with Gasteiger partial charge in [0.25, 0.3) is 5.91 Å². The first kappa shape index (κ1) is 17.8. The van der Waals surface area contributed by atoms with Crippen LogP contribution in [0.1, 0.15) is 27.8 Å². The largest absolute Gasteiger partial charge is 0.310 e. The highest BCUT2D eigenvalue weighted by atomic mass is 35.5. The number of hydrogen-bond acceptors (Lipinski definition) is 2. The maximum atomic E-state index is 13.6. The van der Waals surface area contributed by atoms with Crippen LogP contribution < -0.4 is 10.6 Å². The SMILES string of the molecule is Cc1cc(C)cc([C@@]2(N)C(=O)N(Cc3ccccc3)c3cc(Cl)ccc32)c1. The highest BCUT2D eigenvalue weighted by Crippen LogP contribution is 2.44. The van der Waals surface area contributed by atoms with Crippen molar-refractivity contribution in [3.8, 4) is 0 Å². The first-order chi connectivity index (χ1) is 12.9. The van der Waals surface area contributed by atoms with Gasteiger partial charge in [0, 0.05) is 10.6 Å². The lowest BCUT2D eigenvalue weighted by Gasteiger charge is -2.26. The predicted molar refractivity (Wildman–Crippen MR) is 110 cm³/mol. The summed E-state index contributed by atoms with van der Waals surface area (Å²) < 4.78 is 0. The lowest BCUT2D eigenvalue weighted by Crippen LogP contribution is -2.48. The fraction of sp³-hybridized carbons (Fsp3) is 0.174. The summed E-state index contributed by atoms with van der Waals surface area (Å²) in [5, 5.41) is 0.587. The molecule has 1 atom stereocenters. The van der Waals surface area contributed by atoms with Crippen LogP contribution in [0.3, 0.4) is 0 Å². The van der Waals surface area contributed by atoms with Gasteiger partial charge in [0.05, 0.1) is 12.2 Å². The summed E-state index contributed by atoms with van der Waals surface area (Å²) in [6, 6.07) is 21.5. The van der Waals surface area contributed by atoms with Crippen molar-refractivity contribution in [2.75, 3.05) is 4.90 Å². The highest BCUT2D eigenvalue weighted by molar-refractivity contribution is 6.31. The molecule has 0 aromatic heterocycles. The summed E-state index contributed by atoms with van der Waals surface area (Å²) >= 11 is 6.25. The lowest BCUT2D eigenvalue weighted by molar-refractivity contribution is -0.121. The molecule has 2 N–H and O–H groups in total. The molecule has 4 heteroatoms. The second kappa shape index (κ2) is 6.52. The van der Waals surface area contributed by atoms with E-state index in [-0.39, 0.29) is 5.91 Å². The van der Waals surface area contributed by atoms with E-state index in [0.29, 0.717) is 11.6 Å². The zero-order valence-corrected chi connectivity index (χ0v) is 16.1. The number of benzene rings is 3. The molecular weight excluding hydrogens is 356 g/mol. The quantitative estimate of drug-likeness (QED) is 0.719. The molecule has 0 bridgehead atoms. The molecule has 1 amide bonds. The summed E-state index contributed by atoms with van der Waals surface area (Å²) in [5.74, 6) is -0.131. The Labute approximate surface area is 164 Å². The van der Waals surface area contributed by atoms with Crippen molar-refractivity contribution in [2.24, 2.45) is 5.73 Å². The van der Waals surface area contributed by atoms with Gasteiger partial charge in [0.15, 0.2) is 0 Å². The van der Waals surface area contributed by atoms with Crippen molar-refractivity contribution in [1.29, 1.82) is 0 Å². The molecule has 4 rings (SSSR count). The van der Waals surface area contributed by atoms with Gasteiger partial charge in [-0.15, -0.1) is 0 Å². The van der Waals surface area contributed by atoms with Crippen molar-refractivity contribution >= 4 is 23.2 Å². The van der Waals surface area contributed by atoms with E-state index >= 15 is 0 Å². The van der Waals surface area contributed by atoms with Gasteiger partial charge in [-0.05, 0) is 37.1 Å². The highest BCUT2D eigenvalue weighted by Gasteiger charge is 2.49. The zero-order chi connectivity index (χ0) is 19.2. The van der Waals surface area contributed by atoms with Crippen LogP contribution in [0.25, 0.3) is 0 Å². The van der Waals surface area contributed by atoms with Gasteiger partial charge in [-0.25, -0.2) is 0 Å². The summed E-state index contributed by atoms with van der Waals surface area (Å²) in [5.41, 5.74) is 11.2. The smallest absolute Gasteiger partial charge is 0.256 e. The Hall–Kier alpha value is -2.62. The monoisotopic (exact) mass is 376 g/mol. The number of fused-ring (bicyclic) bond motifs is 1. The van der Waals surface area contributed by atoms with Crippen LogP contribution in [0.15, 0.2) is 66.7 Å². The first-order valence-electron chi connectivity index (χ1n) is 8.93. The van der Waals surface area contributed by atoms with E-state index in [9.17, 15) is 4.79 Å². The van der Waals surface area contributed by atoms with Crippen LogP contribution in [0.5, 0.6) is 0 Å². The van der Waals surface area contributed by atoms with Crippen molar-refractivity contribution < 1.29 is 4.79 Å². The minimum atomic E-state index is -1.22. The second-order valence-corrected chi connectivity index (χ2v) is 7.66. The molecule has 3 nitrogen and oxygen atoms in total. The molecule has 1 heterocycles. The number of carbonyl (C=O) groups excluding carboxylic acids is 1.